The number of nitrogens with zero attached hydrogens (tertiary/aromatic N) is 4. The minimum absolute atomic E-state index is 0.194. The first kappa shape index (κ1) is 15.4. The van der Waals surface area contributed by atoms with Gasteiger partial charge in [0.25, 0.3) is 5.91 Å². The Balaban J connectivity index is 1.94. The second-order valence-corrected chi connectivity index (χ2v) is 4.56. The zero-order valence-electron chi connectivity index (χ0n) is 12.1. The number of imide groups is 1. The summed E-state index contributed by atoms with van der Waals surface area (Å²) in [6.07, 6.45) is 1.51. The van der Waals surface area contributed by atoms with E-state index >= 15 is 0 Å². The molecule has 0 atom stereocenters. The summed E-state index contributed by atoms with van der Waals surface area (Å²) in [6, 6.07) is 7.03. The van der Waals surface area contributed by atoms with Crippen molar-refractivity contribution in [2.45, 2.75) is 13.5 Å². The van der Waals surface area contributed by atoms with E-state index in [0.29, 0.717) is 5.82 Å². The number of tetrazole rings is 1. The lowest BCUT2D eigenvalue weighted by Crippen LogP contribution is -2.41. The van der Waals surface area contributed by atoms with Crippen molar-refractivity contribution in [3.05, 3.63) is 42.5 Å². The monoisotopic (exact) mass is 300 g/mol. The summed E-state index contributed by atoms with van der Waals surface area (Å²) in [5, 5.41) is 16.4. The van der Waals surface area contributed by atoms with E-state index in [9.17, 15) is 9.59 Å². The Morgan fingerprint density at radius 3 is 2.73 bits per heavy atom. The zero-order valence-corrected chi connectivity index (χ0v) is 12.1. The molecule has 0 bridgehead atoms. The standard InChI is InChI=1S/C14H16N6O2/c1-3-8-15-14(22)16-12(21)9-20-18-13(17-19-20)11-6-4-10(2)5-7-11/h3-7H,1,8-9H2,2H3,(H2,15,16,21,22). The Hall–Kier alpha value is -3.03. The Labute approximate surface area is 127 Å². The molecule has 0 saturated carbocycles. The van der Waals surface area contributed by atoms with E-state index in [-0.39, 0.29) is 13.1 Å². The van der Waals surface area contributed by atoms with Crippen LogP contribution in [0.1, 0.15) is 5.56 Å². The highest BCUT2D eigenvalue weighted by atomic mass is 16.2. The maximum Gasteiger partial charge on any atom is 0.321 e. The number of aryl methyl sites for hydroxylation is 1. The van der Waals surface area contributed by atoms with E-state index in [1.54, 1.807) is 0 Å². The predicted octanol–water partition coefficient (Wildman–Crippen LogP) is 0.660. The highest BCUT2D eigenvalue weighted by Gasteiger charge is 2.11. The number of urea groups is 1. The van der Waals surface area contributed by atoms with Gasteiger partial charge in [-0.2, -0.15) is 4.80 Å². The van der Waals surface area contributed by atoms with Crippen molar-refractivity contribution in [1.82, 2.24) is 30.8 Å². The van der Waals surface area contributed by atoms with Gasteiger partial charge in [-0.05, 0) is 12.1 Å². The number of hydrogen-bond donors (Lipinski definition) is 2. The summed E-state index contributed by atoms with van der Waals surface area (Å²) in [4.78, 5) is 24.1. The van der Waals surface area contributed by atoms with Gasteiger partial charge in [0.15, 0.2) is 0 Å². The predicted molar refractivity (Wildman–Crippen MR) is 79.7 cm³/mol. The highest BCUT2D eigenvalue weighted by Crippen LogP contribution is 2.13. The van der Waals surface area contributed by atoms with Gasteiger partial charge in [0.1, 0.15) is 6.54 Å². The summed E-state index contributed by atoms with van der Waals surface area (Å²) in [7, 11) is 0. The molecule has 0 saturated heterocycles. The normalized spacial score (nSPS) is 10.0. The van der Waals surface area contributed by atoms with E-state index in [1.807, 2.05) is 31.2 Å². The maximum atomic E-state index is 11.7. The van der Waals surface area contributed by atoms with Crippen LogP contribution >= 0.6 is 0 Å². The Bertz CT molecular complexity index is 677. The molecule has 0 aliphatic heterocycles. The lowest BCUT2D eigenvalue weighted by molar-refractivity contribution is -0.121. The Morgan fingerprint density at radius 1 is 1.32 bits per heavy atom. The SMILES string of the molecule is C=CCNC(=O)NC(=O)Cn1nnc(-c2ccc(C)cc2)n1. The minimum atomic E-state index is -0.594. The second-order valence-electron chi connectivity index (χ2n) is 4.56. The van der Waals surface area contributed by atoms with Crippen LogP contribution in [0.15, 0.2) is 36.9 Å². The number of rotatable bonds is 5. The van der Waals surface area contributed by atoms with Crippen molar-refractivity contribution in [3.63, 3.8) is 0 Å². The molecule has 2 N–H and O–H groups in total. The molecule has 114 valence electrons. The van der Waals surface area contributed by atoms with Crippen LogP contribution in [0, 0.1) is 6.92 Å². The first-order valence-electron chi connectivity index (χ1n) is 6.62. The van der Waals surface area contributed by atoms with Crippen LogP contribution < -0.4 is 10.6 Å². The quantitative estimate of drug-likeness (QED) is 0.790. The number of carbonyl (C=O) groups is 2. The number of aromatic nitrogens is 4. The average molecular weight is 300 g/mol. The van der Waals surface area contributed by atoms with Crippen LogP contribution in [0.3, 0.4) is 0 Å². The van der Waals surface area contributed by atoms with Gasteiger partial charge in [-0.1, -0.05) is 35.9 Å². The molecular weight excluding hydrogens is 284 g/mol. The van der Waals surface area contributed by atoms with Crippen molar-refractivity contribution in [2.24, 2.45) is 0 Å². The topological polar surface area (TPSA) is 102 Å². The molecule has 2 aromatic rings. The largest absolute Gasteiger partial charge is 0.334 e. The molecule has 0 radical (unpaired) electrons. The molecule has 0 aliphatic rings. The number of amides is 3. The van der Waals surface area contributed by atoms with Gasteiger partial charge >= 0.3 is 6.03 Å². The van der Waals surface area contributed by atoms with Crippen LogP contribution in [0.25, 0.3) is 11.4 Å². The van der Waals surface area contributed by atoms with Gasteiger partial charge in [-0.15, -0.1) is 16.8 Å². The van der Waals surface area contributed by atoms with Crippen LogP contribution in [0.4, 0.5) is 4.79 Å². The maximum absolute atomic E-state index is 11.7. The van der Waals surface area contributed by atoms with Crippen molar-refractivity contribution >= 4 is 11.9 Å². The molecule has 1 heterocycles. The third-order valence-corrected chi connectivity index (χ3v) is 2.71. The third kappa shape index (κ3) is 4.23. The molecule has 8 nitrogen and oxygen atoms in total. The zero-order chi connectivity index (χ0) is 15.9. The fourth-order valence-corrected chi connectivity index (χ4v) is 1.63. The molecule has 3 amide bonds. The fourth-order valence-electron chi connectivity index (χ4n) is 1.63. The molecule has 1 aromatic carbocycles. The molecule has 8 heteroatoms. The molecule has 0 unspecified atom stereocenters. The molecule has 0 spiro atoms. The Morgan fingerprint density at radius 2 is 2.05 bits per heavy atom. The first-order chi connectivity index (χ1) is 10.6. The molecular formula is C14H16N6O2. The summed E-state index contributed by atoms with van der Waals surface area (Å²) in [5.41, 5.74) is 1.93. The fraction of sp³-hybridized carbons (Fsp3) is 0.214. The van der Waals surface area contributed by atoms with Crippen molar-refractivity contribution in [1.29, 1.82) is 0 Å². The van der Waals surface area contributed by atoms with Crippen LogP contribution in [0.2, 0.25) is 0 Å². The smallest absolute Gasteiger partial charge is 0.321 e. The molecule has 1 aromatic heterocycles. The van der Waals surface area contributed by atoms with Gasteiger partial charge in [0.2, 0.25) is 5.82 Å². The van der Waals surface area contributed by atoms with Crippen molar-refractivity contribution in [2.75, 3.05) is 6.54 Å². The van der Waals surface area contributed by atoms with Gasteiger partial charge in [0, 0.05) is 12.1 Å². The van der Waals surface area contributed by atoms with E-state index in [0.717, 1.165) is 15.9 Å². The summed E-state index contributed by atoms with van der Waals surface area (Å²) in [6.45, 7) is 5.52. The highest BCUT2D eigenvalue weighted by molar-refractivity contribution is 5.94. The van der Waals surface area contributed by atoms with E-state index in [2.05, 4.69) is 32.6 Å². The molecule has 0 fully saturated rings. The van der Waals surface area contributed by atoms with Gasteiger partial charge in [-0.3, -0.25) is 10.1 Å². The second kappa shape index (κ2) is 7.11. The van der Waals surface area contributed by atoms with Gasteiger partial charge < -0.3 is 5.32 Å². The van der Waals surface area contributed by atoms with Crippen molar-refractivity contribution < 1.29 is 9.59 Å². The lowest BCUT2D eigenvalue weighted by Gasteiger charge is -2.03. The third-order valence-electron chi connectivity index (χ3n) is 2.71. The summed E-state index contributed by atoms with van der Waals surface area (Å²) >= 11 is 0. The number of nitrogens with one attached hydrogen (secondary N) is 2. The van der Waals surface area contributed by atoms with Crippen LogP contribution in [-0.4, -0.2) is 38.7 Å². The molecule has 2 rings (SSSR count). The van der Waals surface area contributed by atoms with E-state index < -0.39 is 11.9 Å². The lowest BCUT2D eigenvalue weighted by atomic mass is 10.1. The molecule has 22 heavy (non-hydrogen) atoms. The van der Waals surface area contributed by atoms with Gasteiger partial charge in [-0.25, -0.2) is 4.79 Å². The number of carbonyl (C=O) groups excluding carboxylic acids is 2. The number of hydrogen-bond acceptors (Lipinski definition) is 5. The minimum Gasteiger partial charge on any atom is -0.334 e. The summed E-state index contributed by atoms with van der Waals surface area (Å²) in [5.74, 6) is -0.113. The van der Waals surface area contributed by atoms with E-state index in [4.69, 9.17) is 0 Å². The van der Waals surface area contributed by atoms with Crippen LogP contribution in [0.5, 0.6) is 0 Å². The summed E-state index contributed by atoms with van der Waals surface area (Å²) < 4.78 is 0. The van der Waals surface area contributed by atoms with Crippen LogP contribution in [-0.2, 0) is 11.3 Å². The molecule has 0 aliphatic carbocycles. The average Bonchev–Trinajstić information content (AvgIpc) is 2.94. The Kier molecular flexibility index (Phi) is 4.97. The van der Waals surface area contributed by atoms with E-state index in [1.165, 1.54) is 6.08 Å². The van der Waals surface area contributed by atoms with Crippen molar-refractivity contribution in [3.8, 4) is 11.4 Å². The van der Waals surface area contributed by atoms with Gasteiger partial charge in [0.05, 0.1) is 0 Å². The number of benzene rings is 1. The first-order valence-corrected chi connectivity index (χ1v) is 6.62.